The number of carbonyl (C=O) groups is 2. The maximum atomic E-state index is 12.2. The van der Waals surface area contributed by atoms with Gasteiger partial charge in [-0.1, -0.05) is 6.07 Å². The zero-order valence-corrected chi connectivity index (χ0v) is 11.9. The molecule has 3 amide bonds. The van der Waals surface area contributed by atoms with Crippen molar-refractivity contribution in [2.24, 2.45) is 0 Å². The molecular formula is C14H15N5O3. The highest BCUT2D eigenvalue weighted by molar-refractivity contribution is 6.02. The maximum absolute atomic E-state index is 12.2. The van der Waals surface area contributed by atoms with Crippen molar-refractivity contribution in [1.29, 1.82) is 0 Å². The molecule has 1 saturated carbocycles. The second-order valence-electron chi connectivity index (χ2n) is 5.62. The summed E-state index contributed by atoms with van der Waals surface area (Å²) in [5.74, 6) is -0.200. The second-order valence-corrected chi connectivity index (χ2v) is 5.62. The SMILES string of the molecule is O=C1CN(C2CC2)C(=O)N1CCn1nc2ccccn2c1=O. The molecule has 3 heterocycles. The molecule has 0 atom stereocenters. The molecule has 2 aliphatic rings. The van der Waals surface area contributed by atoms with Gasteiger partial charge in [0.15, 0.2) is 5.65 Å². The number of amides is 3. The van der Waals surface area contributed by atoms with Gasteiger partial charge in [-0.05, 0) is 25.0 Å². The Balaban J connectivity index is 1.52. The highest BCUT2D eigenvalue weighted by atomic mass is 16.2. The minimum absolute atomic E-state index is 0.156. The summed E-state index contributed by atoms with van der Waals surface area (Å²) in [6.45, 7) is 0.532. The summed E-state index contributed by atoms with van der Waals surface area (Å²) in [6.07, 6.45) is 3.58. The number of fused-ring (bicyclic) bond motifs is 1. The Bertz CT molecular complexity index is 819. The Labute approximate surface area is 125 Å². The number of imide groups is 1. The highest BCUT2D eigenvalue weighted by Gasteiger charge is 2.43. The second kappa shape index (κ2) is 4.69. The molecule has 0 bridgehead atoms. The molecule has 0 radical (unpaired) electrons. The fraction of sp³-hybridized carbons (Fsp3) is 0.429. The van der Waals surface area contributed by atoms with Gasteiger partial charge in [-0.15, -0.1) is 5.10 Å². The Morgan fingerprint density at radius 1 is 1.14 bits per heavy atom. The first kappa shape index (κ1) is 13.1. The molecule has 4 rings (SSSR count). The molecule has 0 aromatic carbocycles. The van der Waals surface area contributed by atoms with Gasteiger partial charge in [0.05, 0.1) is 13.1 Å². The molecule has 2 fully saturated rings. The number of carbonyl (C=O) groups excluding carboxylic acids is 2. The number of urea groups is 1. The average Bonchev–Trinajstić information content (AvgIpc) is 3.25. The van der Waals surface area contributed by atoms with E-state index in [2.05, 4.69) is 5.10 Å². The van der Waals surface area contributed by atoms with Crippen LogP contribution < -0.4 is 5.69 Å². The standard InChI is InChI=1S/C14H15N5O3/c20-12-9-18(10-4-5-10)13(21)17(12)7-8-19-14(22)16-6-2-1-3-11(16)15-19/h1-3,6,10H,4-5,7-9H2. The topological polar surface area (TPSA) is 79.9 Å². The molecule has 1 aliphatic carbocycles. The lowest BCUT2D eigenvalue weighted by Crippen LogP contribution is -2.37. The van der Waals surface area contributed by atoms with Crippen molar-refractivity contribution in [3.8, 4) is 0 Å². The van der Waals surface area contributed by atoms with Gasteiger partial charge >= 0.3 is 11.7 Å². The monoisotopic (exact) mass is 301 g/mol. The van der Waals surface area contributed by atoms with Gasteiger partial charge in [0.2, 0.25) is 5.91 Å². The lowest BCUT2D eigenvalue weighted by atomic mass is 10.5. The number of rotatable bonds is 4. The van der Waals surface area contributed by atoms with Gasteiger partial charge in [0, 0.05) is 12.2 Å². The van der Waals surface area contributed by atoms with Gasteiger partial charge in [-0.2, -0.15) is 0 Å². The van der Waals surface area contributed by atoms with Crippen LogP contribution in [0.15, 0.2) is 29.2 Å². The number of aromatic nitrogens is 3. The molecule has 114 valence electrons. The quantitative estimate of drug-likeness (QED) is 0.740. The Morgan fingerprint density at radius 2 is 1.95 bits per heavy atom. The van der Waals surface area contributed by atoms with Crippen LogP contribution in [0.2, 0.25) is 0 Å². The smallest absolute Gasteiger partial charge is 0.312 e. The van der Waals surface area contributed by atoms with Gasteiger partial charge in [-0.3, -0.25) is 14.1 Å². The van der Waals surface area contributed by atoms with E-state index in [4.69, 9.17) is 0 Å². The molecule has 0 unspecified atom stereocenters. The van der Waals surface area contributed by atoms with E-state index in [9.17, 15) is 14.4 Å². The van der Waals surface area contributed by atoms with Gasteiger partial charge in [0.1, 0.15) is 6.54 Å². The predicted molar refractivity (Wildman–Crippen MR) is 76.3 cm³/mol. The number of hydrogen-bond donors (Lipinski definition) is 0. The fourth-order valence-corrected chi connectivity index (χ4v) is 2.76. The summed E-state index contributed by atoms with van der Waals surface area (Å²) in [7, 11) is 0. The van der Waals surface area contributed by atoms with Gasteiger partial charge < -0.3 is 4.90 Å². The lowest BCUT2D eigenvalue weighted by molar-refractivity contribution is -0.125. The van der Waals surface area contributed by atoms with E-state index in [1.54, 1.807) is 29.3 Å². The Kier molecular flexibility index (Phi) is 2.78. The van der Waals surface area contributed by atoms with Crippen molar-refractivity contribution < 1.29 is 9.59 Å². The van der Waals surface area contributed by atoms with Crippen molar-refractivity contribution in [3.05, 3.63) is 34.9 Å². The van der Waals surface area contributed by atoms with Crippen LogP contribution in [-0.2, 0) is 11.3 Å². The van der Waals surface area contributed by atoms with Crippen molar-refractivity contribution in [2.45, 2.75) is 25.4 Å². The molecule has 1 saturated heterocycles. The molecule has 22 heavy (non-hydrogen) atoms. The first-order valence-corrected chi connectivity index (χ1v) is 7.30. The third-order valence-electron chi connectivity index (χ3n) is 4.09. The van der Waals surface area contributed by atoms with E-state index in [0.717, 1.165) is 12.8 Å². The molecule has 2 aromatic rings. The maximum Gasteiger partial charge on any atom is 0.350 e. The average molecular weight is 301 g/mol. The van der Waals surface area contributed by atoms with E-state index >= 15 is 0 Å². The van der Waals surface area contributed by atoms with E-state index in [-0.39, 0.29) is 43.3 Å². The molecule has 8 nitrogen and oxygen atoms in total. The third-order valence-corrected chi connectivity index (χ3v) is 4.09. The minimum Gasteiger partial charge on any atom is -0.312 e. The summed E-state index contributed by atoms with van der Waals surface area (Å²) in [4.78, 5) is 39.1. The van der Waals surface area contributed by atoms with Crippen molar-refractivity contribution in [2.75, 3.05) is 13.1 Å². The summed E-state index contributed by atoms with van der Waals surface area (Å²) in [5.41, 5.74) is 0.278. The minimum atomic E-state index is -0.270. The number of pyridine rings is 1. The molecule has 0 N–H and O–H groups in total. The third kappa shape index (κ3) is 1.99. The first-order chi connectivity index (χ1) is 10.6. The predicted octanol–water partition coefficient (Wildman–Crippen LogP) is -0.0774. The lowest BCUT2D eigenvalue weighted by Gasteiger charge is -2.16. The normalized spacial score (nSPS) is 18.7. The summed E-state index contributed by atoms with van der Waals surface area (Å²) < 4.78 is 2.72. The summed E-state index contributed by atoms with van der Waals surface area (Å²) in [5, 5.41) is 4.19. The van der Waals surface area contributed by atoms with E-state index in [1.165, 1.54) is 14.0 Å². The summed E-state index contributed by atoms with van der Waals surface area (Å²) in [6, 6.07) is 5.26. The van der Waals surface area contributed by atoms with Crippen LogP contribution in [0.1, 0.15) is 12.8 Å². The van der Waals surface area contributed by atoms with E-state index in [0.29, 0.717) is 5.65 Å². The van der Waals surface area contributed by atoms with Crippen LogP contribution in [0.25, 0.3) is 5.65 Å². The molecule has 8 heteroatoms. The van der Waals surface area contributed by atoms with Crippen LogP contribution in [-0.4, -0.2) is 55.1 Å². The fourth-order valence-electron chi connectivity index (χ4n) is 2.76. The van der Waals surface area contributed by atoms with E-state index in [1.807, 2.05) is 0 Å². The largest absolute Gasteiger partial charge is 0.350 e. The van der Waals surface area contributed by atoms with Crippen LogP contribution in [0.3, 0.4) is 0 Å². The zero-order valence-electron chi connectivity index (χ0n) is 11.9. The highest BCUT2D eigenvalue weighted by Crippen LogP contribution is 2.30. The Morgan fingerprint density at radius 3 is 2.68 bits per heavy atom. The molecule has 1 aliphatic heterocycles. The van der Waals surface area contributed by atoms with Crippen molar-refractivity contribution >= 4 is 17.6 Å². The first-order valence-electron chi connectivity index (χ1n) is 7.30. The molecule has 0 spiro atoms. The molecule has 2 aromatic heterocycles. The van der Waals surface area contributed by atoms with E-state index < -0.39 is 0 Å². The van der Waals surface area contributed by atoms with Crippen molar-refractivity contribution in [3.63, 3.8) is 0 Å². The van der Waals surface area contributed by atoms with Gasteiger partial charge in [-0.25, -0.2) is 14.3 Å². The van der Waals surface area contributed by atoms with Crippen LogP contribution in [0, 0.1) is 0 Å². The molecular weight excluding hydrogens is 286 g/mol. The van der Waals surface area contributed by atoms with Gasteiger partial charge in [0.25, 0.3) is 0 Å². The van der Waals surface area contributed by atoms with Crippen molar-refractivity contribution in [1.82, 2.24) is 24.0 Å². The Hall–Kier alpha value is -2.64. The van der Waals surface area contributed by atoms with Crippen LogP contribution in [0.4, 0.5) is 4.79 Å². The van der Waals surface area contributed by atoms with Crippen LogP contribution >= 0.6 is 0 Å². The van der Waals surface area contributed by atoms with Crippen LogP contribution in [0.5, 0.6) is 0 Å². The summed E-state index contributed by atoms with van der Waals surface area (Å²) >= 11 is 0. The number of hydrogen-bond acceptors (Lipinski definition) is 4. The zero-order chi connectivity index (χ0) is 15.3. The number of nitrogens with zero attached hydrogens (tertiary/aromatic N) is 5.